The fraction of sp³-hybridized carbons (Fsp3) is 0.923. The summed E-state index contributed by atoms with van der Waals surface area (Å²) in [7, 11) is 0. The van der Waals surface area contributed by atoms with Crippen LogP contribution in [0.25, 0.3) is 0 Å². The Morgan fingerprint density at radius 2 is 1.75 bits per heavy atom. The molecule has 16 heavy (non-hydrogen) atoms. The summed E-state index contributed by atoms with van der Waals surface area (Å²) in [4.78, 5) is 14.4. The lowest BCUT2D eigenvalue weighted by Crippen LogP contribution is -2.47. The van der Waals surface area contributed by atoms with E-state index >= 15 is 0 Å². The number of nitrogens with zero attached hydrogens (tertiary/aromatic N) is 1. The first-order valence-electron chi connectivity index (χ1n) is 6.59. The van der Waals surface area contributed by atoms with Gasteiger partial charge in [-0.25, -0.2) is 0 Å². The molecule has 0 unspecified atom stereocenters. The fourth-order valence-corrected chi connectivity index (χ4v) is 3.00. The zero-order valence-electron chi connectivity index (χ0n) is 10.2. The van der Waals surface area contributed by atoms with Crippen LogP contribution < -0.4 is 0 Å². The van der Waals surface area contributed by atoms with E-state index < -0.39 is 0 Å². The Bertz CT molecular complexity index is 251. The van der Waals surface area contributed by atoms with Gasteiger partial charge in [0.1, 0.15) is 0 Å². The third-order valence-corrected chi connectivity index (χ3v) is 4.23. The van der Waals surface area contributed by atoms with E-state index in [-0.39, 0.29) is 11.5 Å². The molecule has 1 aliphatic heterocycles. The van der Waals surface area contributed by atoms with Crippen molar-refractivity contribution in [2.24, 2.45) is 5.41 Å². The van der Waals surface area contributed by atoms with Crippen LogP contribution in [0.3, 0.4) is 0 Å². The molecule has 1 N–H and O–H groups in total. The number of hydrogen-bond donors (Lipinski definition) is 1. The molecule has 0 bridgehead atoms. The van der Waals surface area contributed by atoms with Crippen molar-refractivity contribution in [3.63, 3.8) is 0 Å². The van der Waals surface area contributed by atoms with Crippen molar-refractivity contribution in [3.8, 4) is 0 Å². The fourth-order valence-electron chi connectivity index (χ4n) is 3.00. The molecule has 1 amide bonds. The van der Waals surface area contributed by atoms with Crippen molar-refractivity contribution in [2.45, 2.75) is 58.0 Å². The average Bonchev–Trinajstić information content (AvgIpc) is 2.30. The molecule has 0 aromatic carbocycles. The standard InChI is InChI=1S/C13H23NO2/c1-13(7-3-2-4-8-13)12(16)14-9-5-11(15)6-10-14/h11,15H,2-10H2,1H3. The van der Waals surface area contributed by atoms with Gasteiger partial charge in [-0.3, -0.25) is 4.79 Å². The number of amides is 1. The second-order valence-corrected chi connectivity index (χ2v) is 5.64. The Balaban J connectivity index is 1.95. The van der Waals surface area contributed by atoms with Crippen molar-refractivity contribution in [1.29, 1.82) is 0 Å². The summed E-state index contributed by atoms with van der Waals surface area (Å²) in [5.41, 5.74) is -0.111. The summed E-state index contributed by atoms with van der Waals surface area (Å²) in [5.74, 6) is 0.333. The first-order valence-corrected chi connectivity index (χ1v) is 6.59. The topological polar surface area (TPSA) is 40.5 Å². The zero-order chi connectivity index (χ0) is 11.6. The Morgan fingerprint density at radius 1 is 1.19 bits per heavy atom. The van der Waals surface area contributed by atoms with Gasteiger partial charge in [0.25, 0.3) is 0 Å². The molecule has 2 aliphatic rings. The van der Waals surface area contributed by atoms with E-state index in [0.717, 1.165) is 38.8 Å². The Morgan fingerprint density at radius 3 is 2.31 bits per heavy atom. The van der Waals surface area contributed by atoms with Crippen molar-refractivity contribution in [1.82, 2.24) is 4.90 Å². The van der Waals surface area contributed by atoms with Crippen LogP contribution in [0.1, 0.15) is 51.9 Å². The van der Waals surface area contributed by atoms with Gasteiger partial charge in [0.05, 0.1) is 6.10 Å². The van der Waals surface area contributed by atoms with Crippen LogP contribution in [-0.4, -0.2) is 35.1 Å². The molecule has 3 nitrogen and oxygen atoms in total. The molecule has 92 valence electrons. The molecule has 2 fully saturated rings. The number of aliphatic hydroxyl groups excluding tert-OH is 1. The highest BCUT2D eigenvalue weighted by Gasteiger charge is 2.38. The maximum absolute atomic E-state index is 12.4. The second kappa shape index (κ2) is 4.74. The number of likely N-dealkylation sites (tertiary alicyclic amines) is 1. The van der Waals surface area contributed by atoms with Gasteiger partial charge in [0, 0.05) is 18.5 Å². The minimum absolute atomic E-state index is 0.111. The molecule has 0 aromatic rings. The van der Waals surface area contributed by atoms with Crippen LogP contribution >= 0.6 is 0 Å². The summed E-state index contributed by atoms with van der Waals surface area (Å²) in [6.07, 6.45) is 7.07. The summed E-state index contributed by atoms with van der Waals surface area (Å²) in [6.45, 7) is 3.62. The van der Waals surface area contributed by atoms with Gasteiger partial charge in [-0.2, -0.15) is 0 Å². The summed E-state index contributed by atoms with van der Waals surface area (Å²) in [5, 5.41) is 9.45. The molecular weight excluding hydrogens is 202 g/mol. The van der Waals surface area contributed by atoms with Crippen LogP contribution in [0.4, 0.5) is 0 Å². The SMILES string of the molecule is CC1(C(=O)N2CCC(O)CC2)CCCCC1. The lowest BCUT2D eigenvalue weighted by molar-refractivity contribution is -0.145. The molecule has 1 aliphatic carbocycles. The first-order chi connectivity index (χ1) is 7.62. The summed E-state index contributed by atoms with van der Waals surface area (Å²) in [6, 6.07) is 0. The summed E-state index contributed by atoms with van der Waals surface area (Å²) < 4.78 is 0. The van der Waals surface area contributed by atoms with Gasteiger partial charge < -0.3 is 10.0 Å². The minimum Gasteiger partial charge on any atom is -0.393 e. The number of rotatable bonds is 1. The Labute approximate surface area is 97.8 Å². The van der Waals surface area contributed by atoms with Gasteiger partial charge in [-0.1, -0.05) is 26.2 Å². The van der Waals surface area contributed by atoms with Crippen LogP contribution in [0.5, 0.6) is 0 Å². The Hall–Kier alpha value is -0.570. The van der Waals surface area contributed by atoms with E-state index in [1.807, 2.05) is 4.90 Å². The lowest BCUT2D eigenvalue weighted by atomic mass is 9.74. The highest BCUT2D eigenvalue weighted by atomic mass is 16.3. The first kappa shape index (κ1) is 11.9. The highest BCUT2D eigenvalue weighted by molar-refractivity contribution is 5.82. The van der Waals surface area contributed by atoms with Gasteiger partial charge in [0.15, 0.2) is 0 Å². The third kappa shape index (κ3) is 2.40. The van der Waals surface area contributed by atoms with Gasteiger partial charge in [-0.05, 0) is 25.7 Å². The number of carbonyl (C=O) groups is 1. The van der Waals surface area contributed by atoms with Gasteiger partial charge >= 0.3 is 0 Å². The molecule has 0 aromatic heterocycles. The third-order valence-electron chi connectivity index (χ3n) is 4.23. The van der Waals surface area contributed by atoms with Crippen LogP contribution in [0.2, 0.25) is 0 Å². The number of piperidine rings is 1. The average molecular weight is 225 g/mol. The minimum atomic E-state index is -0.191. The predicted octanol–water partition coefficient (Wildman–Crippen LogP) is 1.94. The van der Waals surface area contributed by atoms with Crippen molar-refractivity contribution in [2.75, 3.05) is 13.1 Å². The molecule has 0 spiro atoms. The molecular formula is C13H23NO2. The maximum atomic E-state index is 12.4. The maximum Gasteiger partial charge on any atom is 0.228 e. The predicted molar refractivity (Wildman–Crippen MR) is 63.0 cm³/mol. The molecule has 1 saturated heterocycles. The highest BCUT2D eigenvalue weighted by Crippen LogP contribution is 2.37. The molecule has 1 heterocycles. The normalized spacial score (nSPS) is 26.8. The summed E-state index contributed by atoms with van der Waals surface area (Å²) >= 11 is 0. The van der Waals surface area contributed by atoms with E-state index in [0.29, 0.717) is 5.91 Å². The van der Waals surface area contributed by atoms with Crippen LogP contribution in [0, 0.1) is 5.41 Å². The van der Waals surface area contributed by atoms with E-state index in [2.05, 4.69) is 6.92 Å². The van der Waals surface area contributed by atoms with E-state index in [9.17, 15) is 9.90 Å². The lowest BCUT2D eigenvalue weighted by Gasteiger charge is -2.39. The Kier molecular flexibility index (Phi) is 3.53. The van der Waals surface area contributed by atoms with Crippen LogP contribution in [0.15, 0.2) is 0 Å². The monoisotopic (exact) mass is 225 g/mol. The number of hydrogen-bond acceptors (Lipinski definition) is 2. The van der Waals surface area contributed by atoms with Crippen molar-refractivity contribution in [3.05, 3.63) is 0 Å². The number of aliphatic hydroxyl groups is 1. The zero-order valence-corrected chi connectivity index (χ0v) is 10.2. The van der Waals surface area contributed by atoms with Crippen LogP contribution in [-0.2, 0) is 4.79 Å². The largest absolute Gasteiger partial charge is 0.393 e. The smallest absolute Gasteiger partial charge is 0.228 e. The van der Waals surface area contributed by atoms with Crippen molar-refractivity contribution < 1.29 is 9.90 Å². The van der Waals surface area contributed by atoms with Gasteiger partial charge in [-0.15, -0.1) is 0 Å². The van der Waals surface area contributed by atoms with E-state index in [1.165, 1.54) is 19.3 Å². The molecule has 2 rings (SSSR count). The molecule has 1 saturated carbocycles. The molecule has 0 atom stereocenters. The molecule has 3 heteroatoms. The number of carbonyl (C=O) groups excluding carboxylic acids is 1. The van der Waals surface area contributed by atoms with E-state index in [1.54, 1.807) is 0 Å². The van der Waals surface area contributed by atoms with Gasteiger partial charge in [0.2, 0.25) is 5.91 Å². The van der Waals surface area contributed by atoms with Crippen molar-refractivity contribution >= 4 is 5.91 Å². The molecule has 0 radical (unpaired) electrons. The van der Waals surface area contributed by atoms with E-state index in [4.69, 9.17) is 0 Å². The quantitative estimate of drug-likeness (QED) is 0.741. The second-order valence-electron chi connectivity index (χ2n) is 5.64.